The Morgan fingerprint density at radius 3 is 2.65 bits per heavy atom. The number of halogens is 1. The predicted molar refractivity (Wildman–Crippen MR) is 72.0 cm³/mol. The summed E-state index contributed by atoms with van der Waals surface area (Å²) in [5.74, 6) is -0.786. The lowest BCUT2D eigenvalue weighted by Gasteiger charge is -2.21. The van der Waals surface area contributed by atoms with Gasteiger partial charge in [-0.3, -0.25) is 10.1 Å². The first-order valence-electron chi connectivity index (χ1n) is 5.79. The first-order valence-corrected chi connectivity index (χ1v) is 6.58. The van der Waals surface area contributed by atoms with Gasteiger partial charge in [0.15, 0.2) is 0 Å². The highest BCUT2D eigenvalue weighted by molar-refractivity contribution is 9.10. The number of hydrogen-bond donors (Lipinski definition) is 2. The maximum absolute atomic E-state index is 11.1. The summed E-state index contributed by atoms with van der Waals surface area (Å²) < 4.78 is 1.00. The Hall–Kier alpha value is -0.870. The van der Waals surface area contributed by atoms with E-state index in [4.69, 9.17) is 5.11 Å². The average molecular weight is 300 g/mol. The van der Waals surface area contributed by atoms with Crippen LogP contribution in [-0.2, 0) is 4.79 Å². The van der Waals surface area contributed by atoms with Crippen molar-refractivity contribution < 1.29 is 9.90 Å². The largest absolute Gasteiger partial charge is 0.480 e. The third-order valence-electron chi connectivity index (χ3n) is 2.70. The van der Waals surface area contributed by atoms with E-state index >= 15 is 0 Å². The van der Waals surface area contributed by atoms with Crippen molar-refractivity contribution >= 4 is 21.9 Å². The average Bonchev–Trinajstić information content (AvgIpc) is 2.28. The summed E-state index contributed by atoms with van der Waals surface area (Å²) in [5.41, 5.74) is 1.08. The SMILES string of the molecule is CCCC(N[C@H](C)c1ccccc1Br)C(=O)O. The van der Waals surface area contributed by atoms with Gasteiger partial charge in [0.2, 0.25) is 0 Å². The van der Waals surface area contributed by atoms with Gasteiger partial charge < -0.3 is 5.11 Å². The Bertz CT molecular complexity index is 381. The number of hydrogen-bond acceptors (Lipinski definition) is 2. The van der Waals surface area contributed by atoms with Gasteiger partial charge >= 0.3 is 5.97 Å². The number of carbonyl (C=O) groups is 1. The molecule has 4 heteroatoms. The molecule has 0 aliphatic carbocycles. The second-order valence-electron chi connectivity index (χ2n) is 4.09. The second kappa shape index (κ2) is 6.77. The van der Waals surface area contributed by atoms with E-state index in [1.165, 1.54) is 0 Å². The van der Waals surface area contributed by atoms with Crippen molar-refractivity contribution in [2.24, 2.45) is 0 Å². The van der Waals surface area contributed by atoms with Crippen molar-refractivity contribution in [2.75, 3.05) is 0 Å². The van der Waals surface area contributed by atoms with Crippen LogP contribution in [0.15, 0.2) is 28.7 Å². The summed E-state index contributed by atoms with van der Waals surface area (Å²) in [6, 6.07) is 7.38. The quantitative estimate of drug-likeness (QED) is 0.847. The van der Waals surface area contributed by atoms with Crippen LogP contribution in [0.2, 0.25) is 0 Å². The van der Waals surface area contributed by atoms with Crippen molar-refractivity contribution in [3.8, 4) is 0 Å². The smallest absolute Gasteiger partial charge is 0.320 e. The second-order valence-corrected chi connectivity index (χ2v) is 4.94. The number of nitrogens with one attached hydrogen (secondary N) is 1. The van der Waals surface area contributed by atoms with Crippen LogP contribution >= 0.6 is 15.9 Å². The van der Waals surface area contributed by atoms with Crippen LogP contribution in [0.1, 0.15) is 38.3 Å². The molecule has 1 aromatic rings. The van der Waals surface area contributed by atoms with E-state index in [9.17, 15) is 4.79 Å². The van der Waals surface area contributed by atoms with Crippen molar-refractivity contribution in [1.82, 2.24) is 5.32 Å². The summed E-state index contributed by atoms with van der Waals surface area (Å²) in [5, 5.41) is 12.2. The lowest BCUT2D eigenvalue weighted by atomic mass is 10.1. The monoisotopic (exact) mass is 299 g/mol. The standard InChI is InChI=1S/C13H18BrNO2/c1-3-6-12(13(16)17)15-9(2)10-7-4-5-8-11(10)14/h4-5,7-9,12,15H,3,6H2,1-2H3,(H,16,17)/t9-,12?/m1/s1. The molecule has 17 heavy (non-hydrogen) atoms. The van der Waals surface area contributed by atoms with Crippen molar-refractivity contribution in [1.29, 1.82) is 0 Å². The first-order chi connectivity index (χ1) is 8.06. The molecule has 1 rings (SSSR count). The number of carboxylic acid groups (broad SMARTS) is 1. The molecule has 2 atom stereocenters. The Morgan fingerprint density at radius 1 is 1.47 bits per heavy atom. The number of benzene rings is 1. The van der Waals surface area contributed by atoms with Gasteiger partial charge in [-0.25, -0.2) is 0 Å². The minimum absolute atomic E-state index is 0.0122. The molecular formula is C13H18BrNO2. The van der Waals surface area contributed by atoms with Gasteiger partial charge in [0, 0.05) is 10.5 Å². The van der Waals surface area contributed by atoms with Crippen LogP contribution in [0.3, 0.4) is 0 Å². The molecule has 3 nitrogen and oxygen atoms in total. The molecule has 0 fully saturated rings. The van der Waals surface area contributed by atoms with Gasteiger partial charge in [-0.2, -0.15) is 0 Å². The molecule has 94 valence electrons. The van der Waals surface area contributed by atoms with E-state index in [0.29, 0.717) is 6.42 Å². The van der Waals surface area contributed by atoms with E-state index in [0.717, 1.165) is 16.5 Å². The van der Waals surface area contributed by atoms with Gasteiger partial charge in [-0.1, -0.05) is 47.5 Å². The van der Waals surface area contributed by atoms with Crippen molar-refractivity contribution in [2.45, 2.75) is 38.8 Å². The molecule has 0 saturated carbocycles. The van der Waals surface area contributed by atoms with Gasteiger partial charge in [0.1, 0.15) is 6.04 Å². The highest BCUT2D eigenvalue weighted by atomic mass is 79.9. The fourth-order valence-electron chi connectivity index (χ4n) is 1.78. The Morgan fingerprint density at radius 2 is 2.12 bits per heavy atom. The molecule has 0 aliphatic heterocycles. The summed E-state index contributed by atoms with van der Waals surface area (Å²) in [4.78, 5) is 11.1. The van der Waals surface area contributed by atoms with E-state index < -0.39 is 12.0 Å². The predicted octanol–water partition coefficient (Wildman–Crippen LogP) is 3.35. The minimum atomic E-state index is -0.786. The summed E-state index contributed by atoms with van der Waals surface area (Å²) in [6.45, 7) is 3.96. The molecule has 0 amide bonds. The number of rotatable bonds is 6. The fraction of sp³-hybridized carbons (Fsp3) is 0.462. The number of carboxylic acids is 1. The van der Waals surface area contributed by atoms with Crippen LogP contribution in [-0.4, -0.2) is 17.1 Å². The van der Waals surface area contributed by atoms with Gasteiger partial charge in [-0.05, 0) is 25.0 Å². The molecular weight excluding hydrogens is 282 g/mol. The molecule has 2 N–H and O–H groups in total. The van der Waals surface area contributed by atoms with Crippen LogP contribution in [0.4, 0.5) is 0 Å². The maximum Gasteiger partial charge on any atom is 0.320 e. The van der Waals surface area contributed by atoms with Crippen molar-refractivity contribution in [3.63, 3.8) is 0 Å². The zero-order chi connectivity index (χ0) is 12.8. The zero-order valence-electron chi connectivity index (χ0n) is 10.1. The van der Waals surface area contributed by atoms with E-state index in [1.807, 2.05) is 38.1 Å². The summed E-state index contributed by atoms with van der Waals surface area (Å²) >= 11 is 3.48. The van der Waals surface area contributed by atoms with Gasteiger partial charge in [-0.15, -0.1) is 0 Å². The zero-order valence-corrected chi connectivity index (χ0v) is 11.7. The maximum atomic E-state index is 11.1. The van der Waals surface area contributed by atoms with Crippen LogP contribution in [0.5, 0.6) is 0 Å². The molecule has 0 aliphatic rings. The highest BCUT2D eigenvalue weighted by Crippen LogP contribution is 2.23. The molecule has 0 radical (unpaired) electrons. The molecule has 0 bridgehead atoms. The molecule has 0 spiro atoms. The lowest BCUT2D eigenvalue weighted by molar-refractivity contribution is -0.139. The normalized spacial score (nSPS) is 14.3. The molecule has 0 saturated heterocycles. The Balaban J connectivity index is 2.73. The lowest BCUT2D eigenvalue weighted by Crippen LogP contribution is -2.38. The molecule has 0 aromatic heterocycles. The fourth-order valence-corrected chi connectivity index (χ4v) is 2.41. The van der Waals surface area contributed by atoms with Crippen LogP contribution in [0.25, 0.3) is 0 Å². The number of aliphatic carboxylic acids is 1. The third kappa shape index (κ3) is 4.13. The third-order valence-corrected chi connectivity index (χ3v) is 3.42. The van der Waals surface area contributed by atoms with Gasteiger partial charge in [0.05, 0.1) is 0 Å². The Kier molecular flexibility index (Phi) is 5.65. The molecule has 1 unspecified atom stereocenters. The Labute approximate surface area is 110 Å². The van der Waals surface area contributed by atoms with E-state index in [1.54, 1.807) is 0 Å². The minimum Gasteiger partial charge on any atom is -0.480 e. The first kappa shape index (κ1) is 14.2. The topological polar surface area (TPSA) is 49.3 Å². The summed E-state index contributed by atoms with van der Waals surface area (Å²) in [6.07, 6.45) is 1.50. The van der Waals surface area contributed by atoms with Crippen molar-refractivity contribution in [3.05, 3.63) is 34.3 Å². The van der Waals surface area contributed by atoms with Crippen LogP contribution in [0, 0.1) is 0 Å². The van der Waals surface area contributed by atoms with Gasteiger partial charge in [0.25, 0.3) is 0 Å². The van der Waals surface area contributed by atoms with E-state index in [2.05, 4.69) is 21.2 Å². The molecule has 1 aromatic carbocycles. The molecule has 0 heterocycles. The highest BCUT2D eigenvalue weighted by Gasteiger charge is 2.19. The van der Waals surface area contributed by atoms with Crippen LogP contribution < -0.4 is 5.32 Å². The summed E-state index contributed by atoms with van der Waals surface area (Å²) in [7, 11) is 0. The van der Waals surface area contributed by atoms with E-state index in [-0.39, 0.29) is 6.04 Å².